The second-order valence-electron chi connectivity index (χ2n) is 6.92. The predicted octanol–water partition coefficient (Wildman–Crippen LogP) is 3.75. The normalized spacial score (nSPS) is 16.1. The van der Waals surface area contributed by atoms with Gasteiger partial charge in [-0.3, -0.25) is 4.79 Å². The molecule has 1 aliphatic rings. The number of ether oxygens (including phenoxy) is 2. The van der Waals surface area contributed by atoms with Crippen LogP contribution in [0.15, 0.2) is 47.4 Å². The molecule has 1 unspecified atom stereocenters. The van der Waals surface area contributed by atoms with E-state index in [1.807, 2.05) is 30.3 Å². The highest BCUT2D eigenvalue weighted by Crippen LogP contribution is 2.26. The van der Waals surface area contributed by atoms with E-state index in [1.54, 1.807) is 11.1 Å². The van der Waals surface area contributed by atoms with Gasteiger partial charge < -0.3 is 15.2 Å². The van der Waals surface area contributed by atoms with Crippen molar-refractivity contribution in [3.63, 3.8) is 0 Å². The number of carbonyl (C=O) groups excluding carboxylic acids is 2. The third-order valence-corrected chi connectivity index (χ3v) is 4.52. The molecule has 0 fully saturated rings. The molecule has 0 aromatic heterocycles. The minimum Gasteiger partial charge on any atom is -0.478 e. The number of esters is 1. The van der Waals surface area contributed by atoms with Crippen LogP contribution in [0.1, 0.15) is 52.4 Å². The summed E-state index contributed by atoms with van der Waals surface area (Å²) in [6, 6.07) is 9.36. The number of ketones is 1. The summed E-state index contributed by atoms with van der Waals surface area (Å²) in [4.78, 5) is 24.8. The van der Waals surface area contributed by atoms with E-state index < -0.39 is 17.7 Å². The molecule has 0 aliphatic carbocycles. The number of rotatable bonds is 12. The molecule has 2 rings (SSSR count). The van der Waals surface area contributed by atoms with Gasteiger partial charge in [0.15, 0.2) is 0 Å². The van der Waals surface area contributed by atoms with Crippen molar-refractivity contribution in [2.75, 3.05) is 18.2 Å². The number of hydrogen-bond donors (Lipinski definition) is 1. The molecule has 1 aromatic carbocycles. The number of Topliss-reactive ketones (excluding diaryl/α,β-unsaturated/α-hetero) is 1. The number of benzene rings is 1. The number of para-hydroxylation sites is 1. The van der Waals surface area contributed by atoms with Gasteiger partial charge >= 0.3 is 5.97 Å². The van der Waals surface area contributed by atoms with Gasteiger partial charge in [-0.15, -0.1) is 0 Å². The lowest BCUT2D eigenvalue weighted by atomic mass is 10.0. The average Bonchev–Trinajstić information content (AvgIpc) is 2.74. The molecule has 7 heteroatoms. The fourth-order valence-electron chi connectivity index (χ4n) is 2.81. The SMILES string of the molecule is CCCCCCOC(=O)C(=O)C1C=C(OCCCC)N(c2ccccc2)N=C1N. The van der Waals surface area contributed by atoms with Crippen molar-refractivity contribution in [1.29, 1.82) is 0 Å². The van der Waals surface area contributed by atoms with Crippen molar-refractivity contribution in [3.05, 3.63) is 42.3 Å². The molecule has 0 saturated carbocycles. The first kappa shape index (κ1) is 22.5. The Morgan fingerprint density at radius 1 is 1.03 bits per heavy atom. The highest BCUT2D eigenvalue weighted by atomic mass is 16.5. The van der Waals surface area contributed by atoms with E-state index in [-0.39, 0.29) is 12.4 Å². The molecule has 0 spiro atoms. The van der Waals surface area contributed by atoms with Gasteiger partial charge in [0.2, 0.25) is 5.88 Å². The Morgan fingerprint density at radius 2 is 1.76 bits per heavy atom. The molecule has 1 atom stereocenters. The number of hydrogen-bond acceptors (Lipinski definition) is 7. The first-order chi connectivity index (χ1) is 14.1. The Balaban J connectivity index is 2.10. The van der Waals surface area contributed by atoms with E-state index in [2.05, 4.69) is 18.9 Å². The van der Waals surface area contributed by atoms with Crippen LogP contribution in [0.2, 0.25) is 0 Å². The summed E-state index contributed by atoms with van der Waals surface area (Å²) in [5, 5.41) is 5.87. The lowest BCUT2D eigenvalue weighted by Gasteiger charge is -2.28. The molecule has 7 nitrogen and oxygen atoms in total. The maximum Gasteiger partial charge on any atom is 0.375 e. The Morgan fingerprint density at radius 3 is 2.45 bits per heavy atom. The third kappa shape index (κ3) is 6.62. The van der Waals surface area contributed by atoms with E-state index in [1.165, 1.54) is 0 Å². The summed E-state index contributed by atoms with van der Waals surface area (Å²) < 4.78 is 11.0. The largest absolute Gasteiger partial charge is 0.478 e. The first-order valence-corrected chi connectivity index (χ1v) is 10.3. The smallest absolute Gasteiger partial charge is 0.375 e. The van der Waals surface area contributed by atoms with Gasteiger partial charge in [-0.1, -0.05) is 57.7 Å². The molecule has 0 radical (unpaired) electrons. The molecular formula is C22H31N3O4. The molecule has 0 saturated heterocycles. The topological polar surface area (TPSA) is 94.2 Å². The summed E-state index contributed by atoms with van der Waals surface area (Å²) >= 11 is 0. The maximum absolute atomic E-state index is 12.6. The number of nitrogens with zero attached hydrogens (tertiary/aromatic N) is 2. The van der Waals surface area contributed by atoms with E-state index in [9.17, 15) is 9.59 Å². The number of carbonyl (C=O) groups is 2. The first-order valence-electron chi connectivity index (χ1n) is 10.3. The molecule has 0 amide bonds. The molecule has 0 bridgehead atoms. The highest BCUT2D eigenvalue weighted by Gasteiger charge is 2.34. The zero-order valence-corrected chi connectivity index (χ0v) is 17.3. The van der Waals surface area contributed by atoms with Crippen molar-refractivity contribution in [2.24, 2.45) is 16.8 Å². The Kier molecular flexibility index (Phi) is 9.21. The lowest BCUT2D eigenvalue weighted by molar-refractivity contribution is -0.154. The van der Waals surface area contributed by atoms with Crippen molar-refractivity contribution in [1.82, 2.24) is 0 Å². The van der Waals surface area contributed by atoms with Gasteiger partial charge in [-0.2, -0.15) is 10.1 Å². The summed E-state index contributed by atoms with van der Waals surface area (Å²) in [5.74, 6) is -2.19. The zero-order chi connectivity index (χ0) is 21.1. The fraction of sp³-hybridized carbons (Fsp3) is 0.500. The Labute approximate surface area is 172 Å². The standard InChI is InChI=1S/C22H31N3O4/c1-3-5-7-11-15-29-22(27)20(26)18-16-19(28-14-6-4-2)25(24-21(18)23)17-12-9-8-10-13-17/h8-10,12-13,16,18H,3-7,11,14-15H2,1-2H3,(H2,23,24). The molecule has 1 aromatic rings. The van der Waals surface area contributed by atoms with Crippen LogP contribution >= 0.6 is 0 Å². The van der Waals surface area contributed by atoms with Gasteiger partial charge in [0.05, 0.1) is 18.9 Å². The number of anilines is 1. The quantitative estimate of drug-likeness (QED) is 0.326. The molecule has 29 heavy (non-hydrogen) atoms. The second-order valence-corrected chi connectivity index (χ2v) is 6.92. The molecule has 2 N–H and O–H groups in total. The van der Waals surface area contributed by atoms with Crippen LogP contribution in [-0.4, -0.2) is 30.8 Å². The highest BCUT2D eigenvalue weighted by molar-refractivity contribution is 6.39. The van der Waals surface area contributed by atoms with Gasteiger partial charge in [-0.25, -0.2) is 4.79 Å². The van der Waals surface area contributed by atoms with E-state index in [0.717, 1.165) is 44.2 Å². The summed E-state index contributed by atoms with van der Waals surface area (Å²) in [7, 11) is 0. The Bertz CT molecular complexity index is 731. The number of unbranched alkanes of at least 4 members (excludes halogenated alkanes) is 4. The monoisotopic (exact) mass is 401 g/mol. The summed E-state index contributed by atoms with van der Waals surface area (Å²) in [5.41, 5.74) is 6.79. The van der Waals surface area contributed by atoms with Crippen LogP contribution in [0.25, 0.3) is 0 Å². The number of nitrogens with two attached hydrogens (primary N) is 1. The van der Waals surface area contributed by atoms with Crippen LogP contribution in [-0.2, 0) is 19.1 Å². The van der Waals surface area contributed by atoms with E-state index in [4.69, 9.17) is 15.2 Å². The van der Waals surface area contributed by atoms with Crippen LogP contribution in [0, 0.1) is 5.92 Å². The van der Waals surface area contributed by atoms with Crippen molar-refractivity contribution in [2.45, 2.75) is 52.4 Å². The summed E-state index contributed by atoms with van der Waals surface area (Å²) in [6.45, 7) is 4.87. The van der Waals surface area contributed by atoms with Gasteiger partial charge in [-0.05, 0) is 31.1 Å². The van der Waals surface area contributed by atoms with Crippen molar-refractivity contribution < 1.29 is 19.1 Å². The maximum atomic E-state index is 12.6. The van der Waals surface area contributed by atoms with Crippen LogP contribution < -0.4 is 10.7 Å². The van der Waals surface area contributed by atoms with E-state index >= 15 is 0 Å². The number of amidine groups is 1. The van der Waals surface area contributed by atoms with Crippen molar-refractivity contribution >= 4 is 23.3 Å². The van der Waals surface area contributed by atoms with Crippen LogP contribution in [0.5, 0.6) is 0 Å². The molecule has 1 heterocycles. The van der Waals surface area contributed by atoms with Gasteiger partial charge in [0.25, 0.3) is 5.78 Å². The van der Waals surface area contributed by atoms with Crippen molar-refractivity contribution in [3.8, 4) is 0 Å². The molecule has 1 aliphatic heterocycles. The molecular weight excluding hydrogens is 370 g/mol. The Hall–Kier alpha value is -2.83. The van der Waals surface area contributed by atoms with Gasteiger partial charge in [0, 0.05) is 0 Å². The minimum absolute atomic E-state index is 0.0321. The number of hydrazone groups is 1. The lowest BCUT2D eigenvalue weighted by Crippen LogP contribution is -2.40. The molecule has 158 valence electrons. The summed E-state index contributed by atoms with van der Waals surface area (Å²) in [6.07, 6.45) is 7.24. The average molecular weight is 402 g/mol. The third-order valence-electron chi connectivity index (χ3n) is 4.52. The van der Waals surface area contributed by atoms with Gasteiger partial charge in [0.1, 0.15) is 11.8 Å². The zero-order valence-electron chi connectivity index (χ0n) is 17.3. The second kappa shape index (κ2) is 11.9. The minimum atomic E-state index is -0.991. The van der Waals surface area contributed by atoms with Crippen LogP contribution in [0.3, 0.4) is 0 Å². The van der Waals surface area contributed by atoms with Crippen LogP contribution in [0.4, 0.5) is 5.69 Å². The predicted molar refractivity (Wildman–Crippen MR) is 113 cm³/mol. The fourth-order valence-corrected chi connectivity index (χ4v) is 2.81. The van der Waals surface area contributed by atoms with E-state index in [0.29, 0.717) is 12.5 Å².